The zero-order chi connectivity index (χ0) is 18.4. The molecule has 2 aromatic carbocycles. The summed E-state index contributed by atoms with van der Waals surface area (Å²) in [6.07, 6.45) is 1.67. The molecule has 0 aliphatic carbocycles. The summed E-state index contributed by atoms with van der Waals surface area (Å²) in [6, 6.07) is 18.9. The molecule has 1 heterocycles. The topological polar surface area (TPSA) is 110 Å². The van der Waals surface area contributed by atoms with Crippen LogP contribution in [0.25, 0.3) is 11.6 Å². The van der Waals surface area contributed by atoms with Gasteiger partial charge in [0.15, 0.2) is 5.82 Å². The third-order valence-corrected chi connectivity index (χ3v) is 3.45. The van der Waals surface area contributed by atoms with Gasteiger partial charge in [0.2, 0.25) is 11.9 Å². The van der Waals surface area contributed by atoms with E-state index in [-0.39, 0.29) is 23.3 Å². The molecule has 0 aliphatic rings. The fourth-order valence-corrected chi connectivity index (χ4v) is 2.26. The summed E-state index contributed by atoms with van der Waals surface area (Å²) in [6.45, 7) is 0. The number of methoxy groups -OCH3 is 1. The van der Waals surface area contributed by atoms with Gasteiger partial charge in [0.1, 0.15) is 11.8 Å². The predicted molar refractivity (Wildman–Crippen MR) is 100 cm³/mol. The molecule has 0 aliphatic heterocycles. The summed E-state index contributed by atoms with van der Waals surface area (Å²) in [5.74, 6) is 1.18. The first kappa shape index (κ1) is 16.9. The maximum atomic E-state index is 9.53. The lowest BCUT2D eigenvalue weighted by atomic mass is 10.1. The van der Waals surface area contributed by atoms with Crippen molar-refractivity contribution in [3.05, 3.63) is 66.0 Å². The molecular formula is C19H16N6O. The average molecular weight is 344 g/mol. The Bertz CT molecular complexity index is 979. The molecule has 0 saturated carbocycles. The second-order valence-electron chi connectivity index (χ2n) is 5.28. The Morgan fingerprint density at radius 3 is 2.65 bits per heavy atom. The molecule has 128 valence electrons. The molecule has 0 fully saturated rings. The van der Waals surface area contributed by atoms with Gasteiger partial charge in [-0.25, -0.2) is 0 Å². The molecule has 7 nitrogen and oxygen atoms in total. The van der Waals surface area contributed by atoms with Gasteiger partial charge in [-0.15, -0.1) is 0 Å². The Kier molecular flexibility index (Phi) is 5.05. The number of aromatic nitrogens is 3. The van der Waals surface area contributed by atoms with Gasteiger partial charge < -0.3 is 15.8 Å². The van der Waals surface area contributed by atoms with E-state index >= 15 is 0 Å². The van der Waals surface area contributed by atoms with Gasteiger partial charge >= 0.3 is 0 Å². The Morgan fingerprint density at radius 2 is 1.92 bits per heavy atom. The number of para-hydroxylation sites is 1. The second kappa shape index (κ2) is 7.77. The van der Waals surface area contributed by atoms with Crippen LogP contribution in [-0.2, 0) is 0 Å². The summed E-state index contributed by atoms with van der Waals surface area (Å²) in [4.78, 5) is 12.5. The van der Waals surface area contributed by atoms with Crippen LogP contribution in [0.15, 0.2) is 54.6 Å². The number of nitrogens with zero attached hydrogens (tertiary/aromatic N) is 4. The molecular weight excluding hydrogens is 328 g/mol. The van der Waals surface area contributed by atoms with Crippen molar-refractivity contribution in [2.24, 2.45) is 0 Å². The molecule has 0 unspecified atom stereocenters. The zero-order valence-corrected chi connectivity index (χ0v) is 14.0. The van der Waals surface area contributed by atoms with E-state index in [1.807, 2.05) is 54.6 Å². The smallest absolute Gasteiger partial charge is 0.232 e. The highest BCUT2D eigenvalue weighted by molar-refractivity contribution is 5.87. The van der Waals surface area contributed by atoms with E-state index < -0.39 is 0 Å². The van der Waals surface area contributed by atoms with Crippen LogP contribution in [0.4, 0.5) is 17.6 Å². The number of nitrogen functional groups attached to an aromatic ring is 1. The van der Waals surface area contributed by atoms with E-state index in [4.69, 9.17) is 10.5 Å². The van der Waals surface area contributed by atoms with Gasteiger partial charge in [-0.05, 0) is 35.9 Å². The van der Waals surface area contributed by atoms with Crippen LogP contribution in [-0.4, -0.2) is 22.1 Å². The lowest BCUT2D eigenvalue weighted by Crippen LogP contribution is -2.06. The minimum Gasteiger partial charge on any atom is -0.497 e. The first-order chi connectivity index (χ1) is 12.7. The van der Waals surface area contributed by atoms with Crippen molar-refractivity contribution >= 4 is 29.2 Å². The van der Waals surface area contributed by atoms with E-state index in [1.165, 1.54) is 0 Å². The number of anilines is 3. The number of nitriles is 1. The van der Waals surface area contributed by atoms with Crippen molar-refractivity contribution in [1.82, 2.24) is 15.0 Å². The average Bonchev–Trinajstić information content (AvgIpc) is 2.66. The predicted octanol–water partition coefficient (Wildman–Crippen LogP) is 3.27. The summed E-state index contributed by atoms with van der Waals surface area (Å²) >= 11 is 0. The van der Waals surface area contributed by atoms with Crippen LogP contribution >= 0.6 is 0 Å². The van der Waals surface area contributed by atoms with Crippen molar-refractivity contribution < 1.29 is 4.74 Å². The minimum atomic E-state index is 0.0280. The fourth-order valence-electron chi connectivity index (χ4n) is 2.26. The lowest BCUT2D eigenvalue weighted by Gasteiger charge is -2.07. The number of hydrogen-bond donors (Lipinski definition) is 2. The number of benzene rings is 2. The Morgan fingerprint density at radius 1 is 1.12 bits per heavy atom. The van der Waals surface area contributed by atoms with Gasteiger partial charge in [-0.1, -0.05) is 30.3 Å². The number of rotatable bonds is 5. The molecule has 0 atom stereocenters. The standard InChI is InChI=1S/C19H16N6O/c1-26-16-9-5-6-13(11-16)10-14(12-20)17-23-18(21)25-19(24-17)22-15-7-3-2-4-8-15/h2-11H,1H3,(H3,21,22,23,24,25)/b14-10-. The third-order valence-electron chi connectivity index (χ3n) is 3.45. The molecule has 0 amide bonds. The molecule has 7 heteroatoms. The van der Waals surface area contributed by atoms with Crippen molar-refractivity contribution in [3.8, 4) is 11.8 Å². The number of ether oxygens (including phenoxy) is 1. The monoisotopic (exact) mass is 344 g/mol. The fraction of sp³-hybridized carbons (Fsp3) is 0.0526. The Hall–Kier alpha value is -3.92. The highest BCUT2D eigenvalue weighted by atomic mass is 16.5. The summed E-state index contributed by atoms with van der Waals surface area (Å²) in [7, 11) is 1.59. The third kappa shape index (κ3) is 4.13. The van der Waals surface area contributed by atoms with Gasteiger partial charge in [0, 0.05) is 5.69 Å². The number of nitrogens with two attached hydrogens (primary N) is 1. The lowest BCUT2D eigenvalue weighted by molar-refractivity contribution is 0.414. The van der Waals surface area contributed by atoms with Crippen LogP contribution in [0.3, 0.4) is 0 Å². The van der Waals surface area contributed by atoms with Gasteiger partial charge in [0.25, 0.3) is 0 Å². The highest BCUT2D eigenvalue weighted by Gasteiger charge is 2.10. The van der Waals surface area contributed by atoms with E-state index in [9.17, 15) is 5.26 Å². The summed E-state index contributed by atoms with van der Waals surface area (Å²) in [5, 5.41) is 12.6. The number of hydrogen-bond acceptors (Lipinski definition) is 7. The maximum absolute atomic E-state index is 9.53. The van der Waals surface area contributed by atoms with Crippen LogP contribution in [0.2, 0.25) is 0 Å². The van der Waals surface area contributed by atoms with E-state index in [0.717, 1.165) is 11.3 Å². The molecule has 26 heavy (non-hydrogen) atoms. The highest BCUT2D eigenvalue weighted by Crippen LogP contribution is 2.20. The molecule has 0 radical (unpaired) electrons. The van der Waals surface area contributed by atoms with Crippen LogP contribution < -0.4 is 15.8 Å². The van der Waals surface area contributed by atoms with Crippen LogP contribution in [0.1, 0.15) is 11.4 Å². The molecule has 3 N–H and O–H groups in total. The Labute approximate surface area is 150 Å². The van der Waals surface area contributed by atoms with Crippen LogP contribution in [0, 0.1) is 11.3 Å². The maximum Gasteiger partial charge on any atom is 0.232 e. The first-order valence-corrected chi connectivity index (χ1v) is 7.78. The van der Waals surface area contributed by atoms with E-state index in [2.05, 4.69) is 26.3 Å². The largest absolute Gasteiger partial charge is 0.497 e. The normalized spacial score (nSPS) is 10.8. The van der Waals surface area contributed by atoms with Crippen molar-refractivity contribution in [3.63, 3.8) is 0 Å². The van der Waals surface area contributed by atoms with Crippen LogP contribution in [0.5, 0.6) is 5.75 Å². The van der Waals surface area contributed by atoms with E-state index in [0.29, 0.717) is 5.75 Å². The van der Waals surface area contributed by atoms with Crippen molar-refractivity contribution in [1.29, 1.82) is 5.26 Å². The molecule has 3 aromatic rings. The molecule has 3 rings (SSSR count). The minimum absolute atomic E-state index is 0.0280. The number of nitrogens with one attached hydrogen (secondary N) is 1. The van der Waals surface area contributed by atoms with Crippen molar-refractivity contribution in [2.45, 2.75) is 0 Å². The SMILES string of the molecule is COc1cccc(/C=C(/C#N)c2nc(N)nc(Nc3ccccc3)n2)c1. The quantitative estimate of drug-likeness (QED) is 0.683. The summed E-state index contributed by atoms with van der Waals surface area (Å²) in [5.41, 5.74) is 7.65. The second-order valence-corrected chi connectivity index (χ2v) is 5.28. The molecule has 0 bridgehead atoms. The van der Waals surface area contributed by atoms with E-state index in [1.54, 1.807) is 13.2 Å². The first-order valence-electron chi connectivity index (χ1n) is 7.78. The summed E-state index contributed by atoms with van der Waals surface area (Å²) < 4.78 is 5.20. The molecule has 0 spiro atoms. The van der Waals surface area contributed by atoms with Gasteiger partial charge in [-0.3, -0.25) is 0 Å². The Balaban J connectivity index is 1.95. The molecule has 0 saturated heterocycles. The van der Waals surface area contributed by atoms with Crippen molar-refractivity contribution in [2.75, 3.05) is 18.2 Å². The zero-order valence-electron chi connectivity index (χ0n) is 14.0. The number of allylic oxidation sites excluding steroid dienone is 1. The molecule has 1 aromatic heterocycles. The van der Waals surface area contributed by atoms with Gasteiger partial charge in [0.05, 0.1) is 12.7 Å². The van der Waals surface area contributed by atoms with Gasteiger partial charge in [-0.2, -0.15) is 20.2 Å².